The molecule has 0 atom stereocenters. The third-order valence-corrected chi connectivity index (χ3v) is 5.53. The molecule has 0 bridgehead atoms. The molecule has 0 fully saturated rings. The molecule has 0 saturated heterocycles. The monoisotopic (exact) mass is 456 g/mol. The van der Waals surface area contributed by atoms with E-state index >= 15 is 0 Å². The van der Waals surface area contributed by atoms with Crippen LogP contribution in [0.1, 0.15) is 98.3 Å². The molecule has 0 heterocycles. The Morgan fingerprint density at radius 3 is 1.36 bits per heavy atom. The number of hydrogen-bond acceptors (Lipinski definition) is 4. The number of carboxylic acids is 2. The molecule has 0 spiro atoms. The minimum absolute atomic E-state index is 0.193. The Bertz CT molecular complexity index is 769. The predicted octanol–water partition coefficient (Wildman–Crippen LogP) is 7.18. The second kappa shape index (κ2) is 14.9. The van der Waals surface area contributed by atoms with Gasteiger partial charge in [0.25, 0.3) is 0 Å². The maximum absolute atomic E-state index is 11.1. The van der Waals surface area contributed by atoms with E-state index in [0.29, 0.717) is 17.9 Å². The molecule has 33 heavy (non-hydrogen) atoms. The van der Waals surface area contributed by atoms with Gasteiger partial charge in [0, 0.05) is 6.42 Å². The van der Waals surface area contributed by atoms with E-state index in [1.165, 1.54) is 75.6 Å². The van der Waals surface area contributed by atoms with E-state index in [4.69, 9.17) is 19.7 Å². The van der Waals surface area contributed by atoms with E-state index in [-0.39, 0.29) is 11.1 Å². The Morgan fingerprint density at radius 1 is 0.636 bits per heavy atom. The molecular formula is C27H36O6. The van der Waals surface area contributed by atoms with Gasteiger partial charge in [-0.2, -0.15) is 0 Å². The van der Waals surface area contributed by atoms with Crippen molar-refractivity contribution in [2.24, 2.45) is 0 Å². The van der Waals surface area contributed by atoms with E-state index in [1.54, 1.807) is 24.3 Å². The summed E-state index contributed by atoms with van der Waals surface area (Å²) in [6.45, 7) is 2.23. The molecule has 6 heteroatoms. The lowest BCUT2D eigenvalue weighted by Crippen LogP contribution is -2.24. The first-order chi connectivity index (χ1) is 16.0. The average molecular weight is 457 g/mol. The van der Waals surface area contributed by atoms with Crippen LogP contribution in [0.3, 0.4) is 0 Å². The Hall–Kier alpha value is -3.02. The summed E-state index contributed by atoms with van der Waals surface area (Å²) in [5.74, 6) is -0.921. The third kappa shape index (κ3) is 10.4. The molecule has 0 unspecified atom stereocenters. The van der Waals surface area contributed by atoms with Gasteiger partial charge >= 0.3 is 11.9 Å². The number of benzene rings is 2. The van der Waals surface area contributed by atoms with Gasteiger partial charge in [-0.05, 0) is 55.0 Å². The largest absolute Gasteiger partial charge is 0.478 e. The van der Waals surface area contributed by atoms with Gasteiger partial charge in [0.05, 0.1) is 11.1 Å². The quantitative estimate of drug-likeness (QED) is 0.193. The van der Waals surface area contributed by atoms with E-state index in [9.17, 15) is 9.59 Å². The summed E-state index contributed by atoms with van der Waals surface area (Å²) in [6.07, 6.45) is 12.5. The number of ether oxygens (including phenoxy) is 2. The molecule has 2 aromatic carbocycles. The van der Waals surface area contributed by atoms with Gasteiger partial charge < -0.3 is 19.7 Å². The number of unbranched alkanes of at least 4 members (excludes halogenated alkanes) is 9. The molecule has 2 N–H and O–H groups in total. The van der Waals surface area contributed by atoms with E-state index < -0.39 is 18.2 Å². The van der Waals surface area contributed by atoms with Crippen LogP contribution in [0.5, 0.6) is 11.5 Å². The standard InChI is InChI=1S/C27H36O6/c1-2-3-4-5-6-7-8-9-10-11-12-25(32-23-17-13-21(14-18-23)26(28)29)33-24-19-15-22(16-20-24)27(30)31/h13-20,25H,2-12H2,1H3,(H,28,29)(H,30,31). The fraction of sp³-hybridized carbons (Fsp3) is 0.481. The first-order valence-electron chi connectivity index (χ1n) is 12.0. The molecule has 0 aliphatic heterocycles. The number of carbonyl (C=O) groups is 2. The van der Waals surface area contributed by atoms with Crippen LogP contribution in [0, 0.1) is 0 Å². The first-order valence-corrected chi connectivity index (χ1v) is 12.0. The Kier molecular flexibility index (Phi) is 11.9. The zero-order valence-corrected chi connectivity index (χ0v) is 19.5. The first kappa shape index (κ1) is 26.2. The summed E-state index contributed by atoms with van der Waals surface area (Å²) < 4.78 is 12.0. The molecule has 6 nitrogen and oxygen atoms in total. The Labute approximate surface area is 196 Å². The molecule has 0 aromatic heterocycles. The summed E-state index contributed by atoms with van der Waals surface area (Å²) in [5, 5.41) is 18.1. The van der Waals surface area contributed by atoms with Gasteiger partial charge in [-0.3, -0.25) is 0 Å². The molecule has 0 aliphatic carbocycles. The maximum atomic E-state index is 11.1. The molecule has 0 amide bonds. The van der Waals surface area contributed by atoms with Crippen LogP contribution < -0.4 is 9.47 Å². The number of carboxylic acid groups (broad SMARTS) is 2. The molecule has 0 aliphatic rings. The summed E-state index contributed by atoms with van der Waals surface area (Å²) >= 11 is 0. The molecule has 0 radical (unpaired) electrons. The minimum Gasteiger partial charge on any atom is -0.478 e. The molecular weight excluding hydrogens is 420 g/mol. The van der Waals surface area contributed by atoms with Gasteiger partial charge in [-0.25, -0.2) is 9.59 Å². The van der Waals surface area contributed by atoms with E-state index in [1.807, 2.05) is 0 Å². The van der Waals surface area contributed by atoms with Crippen LogP contribution in [-0.4, -0.2) is 28.4 Å². The summed E-state index contributed by atoms with van der Waals surface area (Å²) in [4.78, 5) is 22.1. The van der Waals surface area contributed by atoms with Crippen molar-refractivity contribution in [3.05, 3.63) is 59.7 Å². The number of hydrogen-bond donors (Lipinski definition) is 2. The zero-order valence-electron chi connectivity index (χ0n) is 19.5. The van der Waals surface area contributed by atoms with Gasteiger partial charge in [0.2, 0.25) is 6.29 Å². The average Bonchev–Trinajstić information content (AvgIpc) is 2.81. The lowest BCUT2D eigenvalue weighted by Gasteiger charge is -2.21. The highest BCUT2D eigenvalue weighted by Gasteiger charge is 2.14. The van der Waals surface area contributed by atoms with E-state index in [0.717, 1.165) is 12.8 Å². The van der Waals surface area contributed by atoms with Crippen molar-refractivity contribution < 1.29 is 29.3 Å². The van der Waals surface area contributed by atoms with Crippen molar-refractivity contribution in [1.82, 2.24) is 0 Å². The highest BCUT2D eigenvalue weighted by Crippen LogP contribution is 2.21. The van der Waals surface area contributed by atoms with Crippen molar-refractivity contribution >= 4 is 11.9 Å². The smallest absolute Gasteiger partial charge is 0.335 e. The van der Waals surface area contributed by atoms with Crippen molar-refractivity contribution in [3.8, 4) is 11.5 Å². The molecule has 2 aromatic rings. The summed E-state index contributed by atoms with van der Waals surface area (Å²) in [7, 11) is 0. The lowest BCUT2D eigenvalue weighted by atomic mass is 10.1. The fourth-order valence-electron chi connectivity index (χ4n) is 3.60. The van der Waals surface area contributed by atoms with Gasteiger partial charge in [0.15, 0.2) is 0 Å². The Morgan fingerprint density at radius 2 is 1.00 bits per heavy atom. The Balaban J connectivity index is 1.84. The second-order valence-electron chi connectivity index (χ2n) is 8.29. The molecule has 180 valence electrons. The second-order valence-corrected chi connectivity index (χ2v) is 8.29. The molecule has 0 saturated carbocycles. The van der Waals surface area contributed by atoms with Crippen LogP contribution in [0.15, 0.2) is 48.5 Å². The fourth-order valence-corrected chi connectivity index (χ4v) is 3.60. The number of aromatic carboxylic acids is 2. The van der Waals surface area contributed by atoms with Gasteiger partial charge in [0.1, 0.15) is 11.5 Å². The topological polar surface area (TPSA) is 93.1 Å². The lowest BCUT2D eigenvalue weighted by molar-refractivity contribution is -0.00246. The SMILES string of the molecule is CCCCCCCCCCCCC(Oc1ccc(C(=O)O)cc1)Oc1ccc(C(=O)O)cc1. The number of rotatable bonds is 17. The predicted molar refractivity (Wildman–Crippen MR) is 128 cm³/mol. The van der Waals surface area contributed by atoms with Crippen LogP contribution in [-0.2, 0) is 0 Å². The van der Waals surface area contributed by atoms with E-state index in [2.05, 4.69) is 6.92 Å². The van der Waals surface area contributed by atoms with Crippen molar-refractivity contribution in [2.45, 2.75) is 83.8 Å². The van der Waals surface area contributed by atoms with Crippen LogP contribution >= 0.6 is 0 Å². The highest BCUT2D eigenvalue weighted by molar-refractivity contribution is 5.88. The van der Waals surface area contributed by atoms with Crippen LogP contribution in [0.2, 0.25) is 0 Å². The summed E-state index contributed by atoms with van der Waals surface area (Å²) in [6, 6.07) is 12.5. The van der Waals surface area contributed by atoms with Crippen LogP contribution in [0.4, 0.5) is 0 Å². The van der Waals surface area contributed by atoms with Gasteiger partial charge in [-0.15, -0.1) is 0 Å². The normalized spacial score (nSPS) is 10.8. The van der Waals surface area contributed by atoms with Gasteiger partial charge in [-0.1, -0.05) is 64.7 Å². The highest BCUT2D eigenvalue weighted by atomic mass is 16.7. The zero-order chi connectivity index (χ0) is 23.9. The van der Waals surface area contributed by atoms with Crippen molar-refractivity contribution in [2.75, 3.05) is 0 Å². The maximum Gasteiger partial charge on any atom is 0.335 e. The molecule has 2 rings (SSSR count). The van der Waals surface area contributed by atoms with Crippen molar-refractivity contribution in [1.29, 1.82) is 0 Å². The van der Waals surface area contributed by atoms with Crippen LogP contribution in [0.25, 0.3) is 0 Å². The van der Waals surface area contributed by atoms with Crippen molar-refractivity contribution in [3.63, 3.8) is 0 Å². The summed E-state index contributed by atoms with van der Waals surface area (Å²) in [5.41, 5.74) is 0.387. The minimum atomic E-state index is -0.988. The third-order valence-electron chi connectivity index (χ3n) is 5.53.